The topological polar surface area (TPSA) is 120 Å². The van der Waals surface area contributed by atoms with E-state index in [1.165, 1.54) is 11.3 Å². The summed E-state index contributed by atoms with van der Waals surface area (Å²) in [5, 5.41) is 8.42. The van der Waals surface area contributed by atoms with Crippen molar-refractivity contribution in [2.24, 2.45) is 11.5 Å². The summed E-state index contributed by atoms with van der Waals surface area (Å²) >= 11 is 6.20. The van der Waals surface area contributed by atoms with E-state index in [2.05, 4.69) is 51.6 Å². The summed E-state index contributed by atoms with van der Waals surface area (Å²) < 4.78 is 2.35. The van der Waals surface area contributed by atoms with Crippen LogP contribution in [0.2, 0.25) is 5.02 Å². The van der Waals surface area contributed by atoms with Crippen molar-refractivity contribution in [1.82, 2.24) is 19.4 Å². The van der Waals surface area contributed by atoms with E-state index in [0.29, 0.717) is 30.2 Å². The third kappa shape index (κ3) is 9.48. The molecule has 0 saturated carbocycles. The second-order valence-electron chi connectivity index (χ2n) is 14.8. The number of carbonyl (C=O) groups is 1. The van der Waals surface area contributed by atoms with Gasteiger partial charge in [-0.15, -0.1) is 0 Å². The molecule has 0 spiro atoms. The van der Waals surface area contributed by atoms with E-state index < -0.39 is 0 Å². The van der Waals surface area contributed by atoms with Gasteiger partial charge >= 0.3 is 0 Å². The Hall–Kier alpha value is -5.48. The van der Waals surface area contributed by atoms with Crippen LogP contribution in [0.5, 0.6) is 0 Å². The third-order valence-electron chi connectivity index (χ3n) is 10.9. The molecule has 6 aromatic rings. The number of amides is 1. The molecule has 2 heterocycles. The first-order valence-electron chi connectivity index (χ1n) is 19.5. The average molecular weight is 767 g/mol. The predicted octanol–water partition coefficient (Wildman–Crippen LogP) is 7.58. The van der Waals surface area contributed by atoms with Crippen LogP contribution in [0, 0.1) is 12.3 Å². The Balaban J connectivity index is 1.10. The van der Waals surface area contributed by atoms with E-state index >= 15 is 0 Å². The van der Waals surface area contributed by atoms with Crippen LogP contribution in [0.15, 0.2) is 115 Å². The maximum atomic E-state index is 14.4. The van der Waals surface area contributed by atoms with Gasteiger partial charge in [-0.25, -0.2) is 4.98 Å². The first kappa shape index (κ1) is 38.8. The van der Waals surface area contributed by atoms with Gasteiger partial charge in [-0.1, -0.05) is 90.5 Å². The maximum Gasteiger partial charge on any atom is 0.254 e. The van der Waals surface area contributed by atoms with Gasteiger partial charge in [-0.3, -0.25) is 15.1 Å². The minimum atomic E-state index is -0.0590. The van der Waals surface area contributed by atoms with Crippen LogP contribution < -0.4 is 16.4 Å². The second kappa shape index (κ2) is 18.0. The Labute approximate surface area is 335 Å². The number of hydrogen-bond acceptors (Lipinski definition) is 6. The lowest BCUT2D eigenvalue weighted by Crippen LogP contribution is -2.47. The van der Waals surface area contributed by atoms with Gasteiger partial charge in [0.2, 0.25) is 0 Å². The number of halogens is 1. The Morgan fingerprint density at radius 1 is 0.768 bits per heavy atom. The number of aromatic nitrogens is 2. The van der Waals surface area contributed by atoms with Crippen LogP contribution in [0.3, 0.4) is 0 Å². The fraction of sp³-hybridized carbons (Fsp3) is 0.283. The zero-order valence-electron chi connectivity index (χ0n) is 32.1. The molecule has 1 aromatic heterocycles. The van der Waals surface area contributed by atoms with Gasteiger partial charge in [0.05, 0.1) is 11.0 Å². The summed E-state index contributed by atoms with van der Waals surface area (Å²) in [4.78, 5) is 26.5. The van der Waals surface area contributed by atoms with Crippen molar-refractivity contribution in [2.45, 2.75) is 52.4 Å². The molecule has 7 rings (SSSR count). The molecule has 0 radical (unpaired) electrons. The Morgan fingerprint density at radius 2 is 1.39 bits per heavy atom. The van der Waals surface area contributed by atoms with E-state index in [0.717, 1.165) is 103 Å². The number of nitrogens with zero attached hydrogens (tertiary/aromatic N) is 5. The smallest absolute Gasteiger partial charge is 0.254 e. The second-order valence-corrected chi connectivity index (χ2v) is 15.2. The molecule has 0 atom stereocenters. The largest absolute Gasteiger partial charge is 0.384 e. The van der Waals surface area contributed by atoms with Crippen LogP contribution in [0.4, 0.5) is 5.69 Å². The number of imidazole rings is 1. The molecule has 10 heteroatoms. The molecular weight excluding hydrogens is 716 g/mol. The number of piperazine rings is 1. The normalized spacial score (nSPS) is 13.3. The molecule has 1 aliphatic heterocycles. The zero-order chi connectivity index (χ0) is 39.0. The molecule has 288 valence electrons. The van der Waals surface area contributed by atoms with Gasteiger partial charge in [0, 0.05) is 80.6 Å². The van der Waals surface area contributed by atoms with Crippen LogP contribution in [0.1, 0.15) is 56.0 Å². The van der Waals surface area contributed by atoms with Crippen molar-refractivity contribution < 1.29 is 4.79 Å². The summed E-state index contributed by atoms with van der Waals surface area (Å²) in [6, 6.07) is 38.3. The molecule has 1 fully saturated rings. The number of benzene rings is 5. The highest BCUT2D eigenvalue weighted by molar-refractivity contribution is 6.30. The van der Waals surface area contributed by atoms with Crippen LogP contribution in [0.25, 0.3) is 11.0 Å². The molecule has 0 aliphatic carbocycles. The molecule has 1 aliphatic rings. The number of amidine groups is 1. The highest BCUT2D eigenvalue weighted by atomic mass is 35.5. The van der Waals surface area contributed by atoms with Crippen molar-refractivity contribution >= 4 is 40.1 Å². The van der Waals surface area contributed by atoms with Gasteiger partial charge in [0.1, 0.15) is 11.7 Å². The first-order valence-corrected chi connectivity index (χ1v) is 19.9. The molecule has 5 N–H and O–H groups in total. The van der Waals surface area contributed by atoms with Crippen molar-refractivity contribution in [2.75, 3.05) is 37.6 Å². The first-order chi connectivity index (χ1) is 27.2. The number of rotatable bonds is 15. The van der Waals surface area contributed by atoms with Gasteiger partial charge < -0.3 is 25.8 Å². The standard InChI is InChI=1S/C46H51ClN8O/c1-33-5-2-3-6-42(33)53-27-25-52(26-28-53)23-4-24-55-43-21-18-39(29-41(43)51-44(55)22-15-34-11-16-38(17-12-34)45(49)50)46(56)54(32-37-13-19-40(47)20-14-37)31-36-9-7-35(30-48)8-10-36/h2-3,5-14,16-21,29H,4,15,22-28,30-32,48H2,1H3,(H3,49,50). The van der Waals surface area contributed by atoms with Crippen LogP contribution in [-0.4, -0.2) is 63.8 Å². The number of nitrogen functional groups attached to an aromatic ring is 1. The number of nitrogens with two attached hydrogens (primary N) is 2. The van der Waals surface area contributed by atoms with Crippen molar-refractivity contribution in [3.05, 3.63) is 165 Å². The summed E-state index contributed by atoms with van der Waals surface area (Å²) in [6.07, 6.45) is 2.54. The number of para-hydroxylation sites is 1. The van der Waals surface area contributed by atoms with E-state index in [-0.39, 0.29) is 11.7 Å². The SMILES string of the molecule is Cc1ccccc1N1CCN(CCCn2c(CCc3ccc(C(=N)N)cc3)nc3cc(C(=O)N(Cc4ccc(Cl)cc4)Cc4ccc(CN)cc4)ccc32)CC1. The fourth-order valence-electron chi connectivity index (χ4n) is 7.64. The highest BCUT2D eigenvalue weighted by Gasteiger charge is 2.21. The predicted molar refractivity (Wildman–Crippen MR) is 228 cm³/mol. The van der Waals surface area contributed by atoms with E-state index in [1.807, 2.05) is 89.8 Å². The summed E-state index contributed by atoms with van der Waals surface area (Å²) in [7, 11) is 0. The van der Waals surface area contributed by atoms with Gasteiger partial charge in [-0.2, -0.15) is 0 Å². The minimum Gasteiger partial charge on any atom is -0.384 e. The van der Waals surface area contributed by atoms with E-state index in [1.54, 1.807) is 0 Å². The van der Waals surface area contributed by atoms with Gasteiger partial charge in [0.15, 0.2) is 0 Å². The maximum absolute atomic E-state index is 14.4. The van der Waals surface area contributed by atoms with Crippen LogP contribution >= 0.6 is 11.6 Å². The van der Waals surface area contributed by atoms with Crippen LogP contribution in [-0.2, 0) is 39.0 Å². The molecule has 1 amide bonds. The summed E-state index contributed by atoms with van der Waals surface area (Å²) in [5.74, 6) is 1.01. The highest BCUT2D eigenvalue weighted by Crippen LogP contribution is 2.25. The minimum absolute atomic E-state index is 0.0590. The lowest BCUT2D eigenvalue weighted by atomic mass is 10.1. The number of hydrogen-bond donors (Lipinski definition) is 3. The molecule has 1 saturated heterocycles. The molecule has 5 aromatic carbocycles. The molecule has 0 unspecified atom stereocenters. The average Bonchev–Trinajstić information content (AvgIpc) is 3.57. The number of anilines is 1. The van der Waals surface area contributed by atoms with Crippen molar-refractivity contribution in [1.29, 1.82) is 5.41 Å². The molecule has 56 heavy (non-hydrogen) atoms. The monoisotopic (exact) mass is 766 g/mol. The number of nitrogens with one attached hydrogen (secondary N) is 1. The fourth-order valence-corrected chi connectivity index (χ4v) is 7.76. The molecular formula is C46H51ClN8O. The number of carbonyl (C=O) groups excluding carboxylic acids is 1. The van der Waals surface area contributed by atoms with Gasteiger partial charge in [-0.05, 0) is 90.5 Å². The van der Waals surface area contributed by atoms with E-state index in [4.69, 9.17) is 33.5 Å². The summed E-state index contributed by atoms with van der Waals surface area (Å²) in [6.45, 7) is 9.52. The van der Waals surface area contributed by atoms with Crippen molar-refractivity contribution in [3.63, 3.8) is 0 Å². The summed E-state index contributed by atoms with van der Waals surface area (Å²) in [5.41, 5.74) is 21.6. The third-order valence-corrected chi connectivity index (χ3v) is 11.1. The number of aryl methyl sites for hydroxylation is 4. The van der Waals surface area contributed by atoms with Crippen molar-refractivity contribution in [3.8, 4) is 0 Å². The van der Waals surface area contributed by atoms with E-state index in [9.17, 15) is 4.79 Å². The Kier molecular flexibility index (Phi) is 12.5. The zero-order valence-corrected chi connectivity index (χ0v) is 32.9. The van der Waals surface area contributed by atoms with Gasteiger partial charge in [0.25, 0.3) is 5.91 Å². The Morgan fingerprint density at radius 3 is 2.05 bits per heavy atom. The molecule has 9 nitrogen and oxygen atoms in total. The number of fused-ring (bicyclic) bond motifs is 1. The lowest BCUT2D eigenvalue weighted by Gasteiger charge is -2.36. The lowest BCUT2D eigenvalue weighted by molar-refractivity contribution is 0.0730. The molecule has 0 bridgehead atoms. The Bertz CT molecular complexity index is 2260. The quantitative estimate of drug-likeness (QED) is 0.0733.